The number of nitrogens with two attached hydrogens (primary N) is 1. The summed E-state index contributed by atoms with van der Waals surface area (Å²) in [5, 5.41) is 19.5. The molecule has 8 heteroatoms. The van der Waals surface area contributed by atoms with Crippen LogP contribution in [-0.2, 0) is 4.74 Å². The van der Waals surface area contributed by atoms with Gasteiger partial charge in [-0.15, -0.1) is 0 Å². The number of amides is 1. The molecule has 2 atom stereocenters. The molecule has 0 unspecified atom stereocenters. The van der Waals surface area contributed by atoms with E-state index >= 15 is 0 Å². The summed E-state index contributed by atoms with van der Waals surface area (Å²) in [5.74, 6) is 0.100. The Labute approximate surface area is 147 Å². The maximum absolute atomic E-state index is 12.8. The Morgan fingerprint density at radius 1 is 1.32 bits per heavy atom. The van der Waals surface area contributed by atoms with Crippen LogP contribution in [0.5, 0.6) is 0 Å². The van der Waals surface area contributed by atoms with Crippen LogP contribution in [0, 0.1) is 0 Å². The third kappa shape index (κ3) is 3.75. The third-order valence-electron chi connectivity index (χ3n) is 5.12. The largest absolute Gasteiger partial charge is 0.390 e. The molecule has 2 aliphatic rings. The first-order valence-electron chi connectivity index (χ1n) is 8.73. The molecule has 3 rings (SSSR count). The quantitative estimate of drug-likeness (QED) is 0.701. The molecule has 1 amide bonds. The molecule has 138 valence electrons. The van der Waals surface area contributed by atoms with Gasteiger partial charge in [0.15, 0.2) is 0 Å². The Balaban J connectivity index is 1.68. The van der Waals surface area contributed by atoms with Gasteiger partial charge in [-0.2, -0.15) is 0 Å². The van der Waals surface area contributed by atoms with E-state index < -0.39 is 17.8 Å². The van der Waals surface area contributed by atoms with E-state index in [9.17, 15) is 15.0 Å². The zero-order chi connectivity index (χ0) is 18.2. The zero-order valence-corrected chi connectivity index (χ0v) is 14.7. The molecule has 0 saturated carbocycles. The molecular weight excluding hydrogens is 324 g/mol. The highest BCUT2D eigenvalue weighted by Gasteiger charge is 2.43. The monoisotopic (exact) mass is 350 g/mol. The Bertz CT molecular complexity index is 644. The van der Waals surface area contributed by atoms with Crippen LogP contribution in [0.1, 0.15) is 55.2 Å². The number of ether oxygens (including phenoxy) is 1. The number of aromatic nitrogens is 2. The molecule has 1 spiro atoms. The summed E-state index contributed by atoms with van der Waals surface area (Å²) in [6.45, 7) is 5.14. The summed E-state index contributed by atoms with van der Waals surface area (Å²) in [6.07, 6.45) is 0.0454. The van der Waals surface area contributed by atoms with E-state index in [-0.39, 0.29) is 24.4 Å². The number of nitrogen functional groups attached to an aromatic ring is 1. The Hall–Kier alpha value is -1.77. The van der Waals surface area contributed by atoms with Crippen molar-refractivity contribution in [2.75, 3.05) is 25.4 Å². The van der Waals surface area contributed by atoms with Gasteiger partial charge in [-0.1, -0.05) is 13.8 Å². The Morgan fingerprint density at radius 3 is 2.60 bits per heavy atom. The lowest BCUT2D eigenvalue weighted by molar-refractivity contribution is -0.185. The van der Waals surface area contributed by atoms with E-state index in [4.69, 9.17) is 10.5 Å². The van der Waals surface area contributed by atoms with Crippen LogP contribution in [0.4, 0.5) is 5.95 Å². The van der Waals surface area contributed by atoms with Gasteiger partial charge in [0.2, 0.25) is 5.95 Å². The van der Waals surface area contributed by atoms with Crippen molar-refractivity contribution in [2.45, 2.75) is 56.8 Å². The van der Waals surface area contributed by atoms with Crippen molar-refractivity contribution in [3.05, 3.63) is 17.5 Å². The molecule has 0 aromatic carbocycles. The number of piperidine rings is 1. The van der Waals surface area contributed by atoms with Crippen molar-refractivity contribution in [1.29, 1.82) is 0 Å². The standard InChI is InChI=1S/C17H26N4O4/c1-10(2)11-7-12(20-16(18)19-11)15(24)21-5-3-17(4-6-21)8-13(22)14(23)9-25-17/h7,10,13-14,22-23H,3-6,8-9H2,1-2H3,(H2,18,19,20)/t13-,14+/m1/s1. The van der Waals surface area contributed by atoms with Crippen molar-refractivity contribution in [3.8, 4) is 0 Å². The maximum Gasteiger partial charge on any atom is 0.272 e. The van der Waals surface area contributed by atoms with Gasteiger partial charge in [0.25, 0.3) is 5.91 Å². The van der Waals surface area contributed by atoms with Gasteiger partial charge in [0.05, 0.1) is 18.3 Å². The first-order valence-corrected chi connectivity index (χ1v) is 8.73. The lowest BCUT2D eigenvalue weighted by Gasteiger charge is -2.46. The van der Waals surface area contributed by atoms with Gasteiger partial charge in [-0.05, 0) is 24.8 Å². The average molecular weight is 350 g/mol. The van der Waals surface area contributed by atoms with Gasteiger partial charge < -0.3 is 25.6 Å². The number of carbonyl (C=O) groups excluding carboxylic acids is 1. The summed E-state index contributed by atoms with van der Waals surface area (Å²) < 4.78 is 5.80. The van der Waals surface area contributed by atoms with Crippen LogP contribution in [0.25, 0.3) is 0 Å². The smallest absolute Gasteiger partial charge is 0.272 e. The average Bonchev–Trinajstić information content (AvgIpc) is 2.58. The molecule has 25 heavy (non-hydrogen) atoms. The second kappa shape index (κ2) is 6.86. The minimum Gasteiger partial charge on any atom is -0.390 e. The molecule has 0 aliphatic carbocycles. The Morgan fingerprint density at radius 2 is 2.00 bits per heavy atom. The normalized spacial score (nSPS) is 26.2. The summed E-state index contributed by atoms with van der Waals surface area (Å²) in [4.78, 5) is 22.8. The lowest BCUT2D eigenvalue weighted by atomic mass is 9.82. The van der Waals surface area contributed by atoms with E-state index in [0.29, 0.717) is 38.0 Å². The van der Waals surface area contributed by atoms with E-state index in [1.54, 1.807) is 11.0 Å². The molecule has 4 N–H and O–H groups in total. The van der Waals surface area contributed by atoms with Gasteiger partial charge in [-0.25, -0.2) is 9.97 Å². The highest BCUT2D eigenvalue weighted by Crippen LogP contribution is 2.35. The fourth-order valence-electron chi connectivity index (χ4n) is 3.47. The number of rotatable bonds is 2. The van der Waals surface area contributed by atoms with Crippen LogP contribution < -0.4 is 5.73 Å². The van der Waals surface area contributed by atoms with E-state index in [1.807, 2.05) is 13.8 Å². The lowest BCUT2D eigenvalue weighted by Crippen LogP contribution is -2.55. The first kappa shape index (κ1) is 18.0. The fourth-order valence-corrected chi connectivity index (χ4v) is 3.47. The van der Waals surface area contributed by atoms with Crippen LogP contribution in [0.15, 0.2) is 6.07 Å². The first-order chi connectivity index (χ1) is 11.8. The van der Waals surface area contributed by atoms with E-state index in [2.05, 4.69) is 9.97 Å². The van der Waals surface area contributed by atoms with Gasteiger partial charge in [0.1, 0.15) is 11.8 Å². The maximum atomic E-state index is 12.8. The SMILES string of the molecule is CC(C)c1cc(C(=O)N2CCC3(CC2)C[C@@H](O)[C@@H](O)CO3)nc(N)n1. The summed E-state index contributed by atoms with van der Waals surface area (Å²) in [7, 11) is 0. The number of carbonyl (C=O) groups is 1. The van der Waals surface area contributed by atoms with Crippen LogP contribution in [0.2, 0.25) is 0 Å². The Kier molecular flexibility index (Phi) is 4.95. The van der Waals surface area contributed by atoms with Crippen LogP contribution in [-0.4, -0.2) is 68.5 Å². The van der Waals surface area contributed by atoms with Crippen molar-refractivity contribution in [3.63, 3.8) is 0 Å². The molecule has 2 saturated heterocycles. The second-order valence-electron chi connectivity index (χ2n) is 7.32. The number of aliphatic hydroxyl groups is 2. The minimum atomic E-state index is -0.830. The fraction of sp³-hybridized carbons (Fsp3) is 0.706. The van der Waals surface area contributed by atoms with Gasteiger partial charge >= 0.3 is 0 Å². The number of anilines is 1. The number of likely N-dealkylation sites (tertiary alicyclic amines) is 1. The second-order valence-corrected chi connectivity index (χ2v) is 7.32. The van der Waals surface area contributed by atoms with Gasteiger partial charge in [-0.3, -0.25) is 4.79 Å². The number of hydrogen-bond donors (Lipinski definition) is 3. The molecule has 2 fully saturated rings. The van der Waals surface area contributed by atoms with Crippen LogP contribution >= 0.6 is 0 Å². The highest BCUT2D eigenvalue weighted by atomic mass is 16.5. The molecule has 3 heterocycles. The topological polar surface area (TPSA) is 122 Å². The molecule has 8 nitrogen and oxygen atoms in total. The third-order valence-corrected chi connectivity index (χ3v) is 5.12. The number of nitrogens with zero attached hydrogens (tertiary/aromatic N) is 3. The predicted octanol–water partition coefficient (Wildman–Crippen LogP) is 0.299. The summed E-state index contributed by atoms with van der Waals surface area (Å²) in [6, 6.07) is 1.70. The van der Waals surface area contributed by atoms with E-state index in [1.165, 1.54) is 0 Å². The van der Waals surface area contributed by atoms with Crippen molar-refractivity contribution >= 4 is 11.9 Å². The van der Waals surface area contributed by atoms with Crippen molar-refractivity contribution in [1.82, 2.24) is 14.9 Å². The molecule has 0 bridgehead atoms. The molecule has 1 aromatic rings. The summed E-state index contributed by atoms with van der Waals surface area (Å²) >= 11 is 0. The highest BCUT2D eigenvalue weighted by molar-refractivity contribution is 5.92. The number of hydrogen-bond acceptors (Lipinski definition) is 7. The van der Waals surface area contributed by atoms with Crippen molar-refractivity contribution < 1.29 is 19.7 Å². The van der Waals surface area contributed by atoms with E-state index in [0.717, 1.165) is 5.69 Å². The minimum absolute atomic E-state index is 0.107. The summed E-state index contributed by atoms with van der Waals surface area (Å²) in [5.41, 5.74) is 6.34. The molecular formula is C17H26N4O4. The number of aliphatic hydroxyl groups excluding tert-OH is 2. The van der Waals surface area contributed by atoms with Gasteiger partial charge in [0, 0.05) is 25.2 Å². The molecule has 1 aromatic heterocycles. The van der Waals surface area contributed by atoms with Crippen molar-refractivity contribution in [2.24, 2.45) is 0 Å². The van der Waals surface area contributed by atoms with Crippen LogP contribution in [0.3, 0.4) is 0 Å². The molecule has 2 aliphatic heterocycles. The molecule has 0 radical (unpaired) electrons. The zero-order valence-electron chi connectivity index (χ0n) is 14.7. The predicted molar refractivity (Wildman–Crippen MR) is 91.0 cm³/mol.